The first-order valence-corrected chi connectivity index (χ1v) is 4.83. The van der Waals surface area contributed by atoms with Crippen molar-refractivity contribution in [2.75, 3.05) is 13.6 Å². The van der Waals surface area contributed by atoms with E-state index in [0.29, 0.717) is 13.0 Å². The van der Waals surface area contributed by atoms with E-state index in [9.17, 15) is 4.79 Å². The standard InChI is InChI=1S/C11H12N3O.Rb/c1-12-5-3-11(15)14-7-4-9-8-13-6-2-10(9)14;/h2,4,6-8H,3,5H2,1H3;/q-1;+1. The van der Waals surface area contributed by atoms with Gasteiger partial charge in [0, 0.05) is 30.4 Å². The number of pyridine rings is 1. The van der Waals surface area contributed by atoms with Gasteiger partial charge in [0.15, 0.2) is 0 Å². The molecule has 0 fully saturated rings. The average molecular weight is 288 g/mol. The van der Waals surface area contributed by atoms with Gasteiger partial charge in [-0.15, -0.1) is 6.54 Å². The fourth-order valence-electron chi connectivity index (χ4n) is 1.53. The summed E-state index contributed by atoms with van der Waals surface area (Å²) in [6.45, 7) is 0.573. The van der Waals surface area contributed by atoms with Crippen LogP contribution in [0.25, 0.3) is 16.2 Å². The second kappa shape index (κ2) is 6.76. The van der Waals surface area contributed by atoms with Gasteiger partial charge in [0.2, 0.25) is 5.91 Å². The van der Waals surface area contributed by atoms with Crippen LogP contribution in [0.3, 0.4) is 0 Å². The monoisotopic (exact) mass is 287 g/mol. The first kappa shape index (κ1) is 14.2. The largest absolute Gasteiger partial charge is 1.00 e. The second-order valence-electron chi connectivity index (χ2n) is 3.30. The molecule has 0 amide bonds. The topological polar surface area (TPSA) is 49.0 Å². The molecule has 5 heteroatoms. The summed E-state index contributed by atoms with van der Waals surface area (Å²) < 4.78 is 1.65. The van der Waals surface area contributed by atoms with E-state index in [4.69, 9.17) is 0 Å². The molecule has 2 aromatic heterocycles. The van der Waals surface area contributed by atoms with Crippen LogP contribution in [0, 0.1) is 0 Å². The van der Waals surface area contributed by atoms with E-state index < -0.39 is 0 Å². The van der Waals surface area contributed by atoms with Gasteiger partial charge in [-0.25, -0.2) is 0 Å². The van der Waals surface area contributed by atoms with E-state index in [1.165, 1.54) is 0 Å². The Morgan fingerprint density at radius 3 is 3.06 bits per heavy atom. The second-order valence-corrected chi connectivity index (χ2v) is 3.30. The molecule has 0 aliphatic heterocycles. The van der Waals surface area contributed by atoms with Gasteiger partial charge in [-0.1, -0.05) is 0 Å². The molecule has 0 saturated heterocycles. The number of nitrogens with zero attached hydrogens (tertiary/aromatic N) is 3. The Bertz CT molecular complexity index is 481. The van der Waals surface area contributed by atoms with Gasteiger partial charge in [0.05, 0.1) is 5.52 Å². The predicted molar refractivity (Wildman–Crippen MR) is 59.1 cm³/mol. The van der Waals surface area contributed by atoms with Crippen molar-refractivity contribution in [3.8, 4) is 0 Å². The molecule has 0 aliphatic carbocycles. The third-order valence-corrected chi connectivity index (χ3v) is 2.31. The zero-order chi connectivity index (χ0) is 10.7. The fourth-order valence-corrected chi connectivity index (χ4v) is 1.53. The van der Waals surface area contributed by atoms with Crippen LogP contribution in [0.5, 0.6) is 0 Å². The SMILES string of the molecule is C[N-]CCC(=O)n1ccc2cnccc21.[Rb+]. The van der Waals surface area contributed by atoms with Crippen molar-refractivity contribution in [2.45, 2.75) is 6.42 Å². The minimum absolute atomic E-state index is 0. The molecule has 2 aromatic rings. The number of hydrogen-bond acceptors (Lipinski definition) is 2. The zero-order valence-electron chi connectivity index (χ0n) is 9.55. The van der Waals surface area contributed by atoms with Crippen LogP contribution in [0.4, 0.5) is 0 Å². The smallest absolute Gasteiger partial charge is 0.665 e. The van der Waals surface area contributed by atoms with E-state index >= 15 is 0 Å². The van der Waals surface area contributed by atoms with Crippen LogP contribution < -0.4 is 58.2 Å². The first-order chi connectivity index (χ1) is 7.33. The molecular formula is C11H12N3ORb. The molecule has 0 unspecified atom stereocenters. The summed E-state index contributed by atoms with van der Waals surface area (Å²) in [5.74, 6) is 0.0711. The maximum atomic E-state index is 11.8. The number of carbonyl (C=O) groups excluding carboxylic acids is 1. The molecule has 78 valence electrons. The van der Waals surface area contributed by atoms with Crippen molar-refractivity contribution < 1.29 is 63.0 Å². The van der Waals surface area contributed by atoms with Crippen molar-refractivity contribution in [3.05, 3.63) is 36.0 Å². The number of fused-ring (bicyclic) bond motifs is 1. The third kappa shape index (κ3) is 3.08. The van der Waals surface area contributed by atoms with Crippen LogP contribution >= 0.6 is 0 Å². The Morgan fingerprint density at radius 1 is 1.50 bits per heavy atom. The molecule has 0 saturated carbocycles. The van der Waals surface area contributed by atoms with Crippen molar-refractivity contribution in [1.82, 2.24) is 9.55 Å². The Balaban J connectivity index is 0.00000128. The van der Waals surface area contributed by atoms with Crippen molar-refractivity contribution in [1.29, 1.82) is 0 Å². The molecule has 4 nitrogen and oxygen atoms in total. The van der Waals surface area contributed by atoms with Gasteiger partial charge < -0.3 is 5.32 Å². The minimum atomic E-state index is 0. The predicted octanol–water partition coefficient (Wildman–Crippen LogP) is -0.926. The van der Waals surface area contributed by atoms with Gasteiger partial charge in [0.25, 0.3) is 0 Å². The van der Waals surface area contributed by atoms with Crippen molar-refractivity contribution in [2.24, 2.45) is 0 Å². The summed E-state index contributed by atoms with van der Waals surface area (Å²) in [5.41, 5.74) is 0.908. The molecule has 0 radical (unpaired) electrons. The number of hydrogen-bond donors (Lipinski definition) is 0. The van der Waals surface area contributed by atoms with Crippen molar-refractivity contribution >= 4 is 16.8 Å². The third-order valence-electron chi connectivity index (χ3n) is 2.31. The van der Waals surface area contributed by atoms with Crippen LogP contribution in [-0.2, 0) is 0 Å². The molecule has 0 spiro atoms. The molecule has 0 aromatic carbocycles. The van der Waals surface area contributed by atoms with Crippen LogP contribution in [0.15, 0.2) is 30.7 Å². The molecule has 2 heterocycles. The summed E-state index contributed by atoms with van der Waals surface area (Å²) in [7, 11) is 1.71. The van der Waals surface area contributed by atoms with Gasteiger partial charge >= 0.3 is 58.2 Å². The first-order valence-electron chi connectivity index (χ1n) is 4.83. The van der Waals surface area contributed by atoms with Crippen LogP contribution in [0.1, 0.15) is 11.2 Å². The fraction of sp³-hybridized carbons (Fsp3) is 0.273. The molecular weight excluding hydrogens is 276 g/mol. The van der Waals surface area contributed by atoms with Gasteiger partial charge in [0.1, 0.15) is 0 Å². The van der Waals surface area contributed by atoms with Crippen molar-refractivity contribution in [3.63, 3.8) is 0 Å². The molecule has 0 N–H and O–H groups in total. The van der Waals surface area contributed by atoms with Crippen LogP contribution in [-0.4, -0.2) is 29.1 Å². The Kier molecular flexibility index (Phi) is 6.00. The molecule has 0 atom stereocenters. The maximum Gasteiger partial charge on any atom is 1.00 e. The zero-order valence-corrected chi connectivity index (χ0v) is 14.5. The summed E-state index contributed by atoms with van der Waals surface area (Å²) >= 11 is 0. The molecule has 0 aliphatic rings. The van der Waals surface area contributed by atoms with E-state index in [-0.39, 0.29) is 64.1 Å². The van der Waals surface area contributed by atoms with E-state index in [1.807, 2.05) is 12.1 Å². The summed E-state index contributed by atoms with van der Waals surface area (Å²) in [6, 6.07) is 3.74. The Labute approximate surface area is 143 Å². The molecule has 16 heavy (non-hydrogen) atoms. The average Bonchev–Trinajstić information content (AvgIpc) is 2.69. The number of carbonyl (C=O) groups is 1. The number of aromatic nitrogens is 2. The van der Waals surface area contributed by atoms with E-state index in [1.54, 1.807) is 30.2 Å². The van der Waals surface area contributed by atoms with Gasteiger partial charge in [-0.2, -0.15) is 7.05 Å². The quantitative estimate of drug-likeness (QED) is 0.733. The molecule has 0 bridgehead atoms. The van der Waals surface area contributed by atoms with E-state index in [0.717, 1.165) is 10.9 Å². The Morgan fingerprint density at radius 2 is 2.31 bits per heavy atom. The normalized spacial score (nSPS) is 10.1. The summed E-state index contributed by atoms with van der Waals surface area (Å²) in [6.07, 6.45) is 5.67. The summed E-state index contributed by atoms with van der Waals surface area (Å²) in [4.78, 5) is 15.8. The summed E-state index contributed by atoms with van der Waals surface area (Å²) in [5, 5.41) is 4.90. The number of rotatable bonds is 3. The van der Waals surface area contributed by atoms with Crippen LogP contribution in [0.2, 0.25) is 0 Å². The molecule has 2 rings (SSSR count). The van der Waals surface area contributed by atoms with Gasteiger partial charge in [-0.05, 0) is 12.1 Å². The maximum absolute atomic E-state index is 11.8. The van der Waals surface area contributed by atoms with E-state index in [2.05, 4.69) is 10.3 Å². The minimum Gasteiger partial charge on any atom is -0.665 e. The van der Waals surface area contributed by atoms with Gasteiger partial charge in [-0.3, -0.25) is 14.3 Å². The Hall–Kier alpha value is 0.125.